The second kappa shape index (κ2) is 6.98. The third kappa shape index (κ3) is 4.31. The zero-order valence-electron chi connectivity index (χ0n) is 13.9. The molecule has 0 radical (unpaired) electrons. The molecule has 0 saturated heterocycles. The number of rotatable bonds is 5. The Kier molecular flexibility index (Phi) is 5.44. The number of aromatic nitrogens is 1. The summed E-state index contributed by atoms with van der Waals surface area (Å²) in [6.45, 7) is 9.58. The molecule has 1 unspecified atom stereocenters. The van der Waals surface area contributed by atoms with Gasteiger partial charge in [-0.05, 0) is 46.8 Å². The average molecular weight is 354 g/mol. The van der Waals surface area contributed by atoms with E-state index in [-0.39, 0.29) is 6.10 Å². The standard InChI is InChI=1S/C16H22N2O3S2/c1-11(2)21-12-6-7-13(15-9-17-10-22-15)14(8-12)18(23(19)20)16(3,4)5/h6-11H,1-5H3,(H,19,20). The molecular weight excluding hydrogens is 332 g/mol. The van der Waals surface area contributed by atoms with Gasteiger partial charge >= 0.3 is 0 Å². The molecule has 2 rings (SSSR count). The summed E-state index contributed by atoms with van der Waals surface area (Å²) in [5, 5.41) is 0. The van der Waals surface area contributed by atoms with E-state index in [0.29, 0.717) is 11.4 Å². The van der Waals surface area contributed by atoms with Crippen molar-refractivity contribution in [1.29, 1.82) is 0 Å². The van der Waals surface area contributed by atoms with Gasteiger partial charge in [0, 0.05) is 23.4 Å². The molecule has 1 N–H and O–H groups in total. The summed E-state index contributed by atoms with van der Waals surface area (Å²) < 4.78 is 29.1. The number of ether oxygens (including phenoxy) is 1. The fourth-order valence-corrected chi connectivity index (χ4v) is 3.71. The lowest BCUT2D eigenvalue weighted by atomic mass is 10.1. The number of anilines is 1. The molecule has 0 aliphatic heterocycles. The predicted octanol–water partition coefficient (Wildman–Crippen LogP) is 4.34. The minimum absolute atomic E-state index is 0.0276. The third-order valence-electron chi connectivity index (χ3n) is 3.02. The van der Waals surface area contributed by atoms with Crippen molar-refractivity contribution >= 4 is 28.3 Å². The molecule has 1 aromatic heterocycles. The Morgan fingerprint density at radius 2 is 2.04 bits per heavy atom. The first-order chi connectivity index (χ1) is 10.7. The smallest absolute Gasteiger partial charge is 0.262 e. The van der Waals surface area contributed by atoms with Crippen molar-refractivity contribution in [2.24, 2.45) is 0 Å². The maximum absolute atomic E-state index is 12.0. The first-order valence-corrected chi connectivity index (χ1v) is 9.25. The van der Waals surface area contributed by atoms with Crippen molar-refractivity contribution < 1.29 is 13.5 Å². The SMILES string of the molecule is CC(C)Oc1ccc(-c2cncs2)c(N(S(=O)O)C(C)(C)C)c1. The Morgan fingerprint density at radius 3 is 2.52 bits per heavy atom. The highest BCUT2D eigenvalue weighted by molar-refractivity contribution is 7.80. The highest BCUT2D eigenvalue weighted by Gasteiger charge is 2.29. The minimum Gasteiger partial charge on any atom is -0.491 e. The van der Waals surface area contributed by atoms with Crippen LogP contribution in [0.15, 0.2) is 29.9 Å². The van der Waals surface area contributed by atoms with Crippen LogP contribution < -0.4 is 9.04 Å². The molecule has 7 heteroatoms. The van der Waals surface area contributed by atoms with Gasteiger partial charge in [0.05, 0.1) is 22.2 Å². The average Bonchev–Trinajstić information content (AvgIpc) is 2.89. The van der Waals surface area contributed by atoms with Gasteiger partial charge in [-0.1, -0.05) is 0 Å². The van der Waals surface area contributed by atoms with Gasteiger partial charge in [-0.3, -0.25) is 13.8 Å². The number of benzene rings is 1. The highest BCUT2D eigenvalue weighted by atomic mass is 32.2. The van der Waals surface area contributed by atoms with E-state index in [0.717, 1.165) is 10.4 Å². The highest BCUT2D eigenvalue weighted by Crippen LogP contribution is 2.39. The first kappa shape index (κ1) is 17.9. The van der Waals surface area contributed by atoms with Crippen LogP contribution in [-0.2, 0) is 11.3 Å². The number of nitrogens with zero attached hydrogens (tertiary/aromatic N) is 2. The zero-order chi connectivity index (χ0) is 17.2. The van der Waals surface area contributed by atoms with Crippen molar-refractivity contribution in [2.45, 2.75) is 46.3 Å². The molecule has 1 heterocycles. The van der Waals surface area contributed by atoms with Gasteiger partial charge in [-0.2, -0.15) is 0 Å². The van der Waals surface area contributed by atoms with Gasteiger partial charge in [0.1, 0.15) is 5.75 Å². The van der Waals surface area contributed by atoms with Gasteiger partial charge in [0.2, 0.25) is 0 Å². The topological polar surface area (TPSA) is 62.7 Å². The molecule has 5 nitrogen and oxygen atoms in total. The molecule has 0 saturated carbocycles. The molecular formula is C16H22N2O3S2. The van der Waals surface area contributed by atoms with Crippen LogP contribution in [0.4, 0.5) is 5.69 Å². The van der Waals surface area contributed by atoms with Crippen LogP contribution in [0.3, 0.4) is 0 Å². The maximum atomic E-state index is 12.0. The molecule has 1 atom stereocenters. The van der Waals surface area contributed by atoms with E-state index >= 15 is 0 Å². The van der Waals surface area contributed by atoms with Gasteiger partial charge in [0.15, 0.2) is 0 Å². The van der Waals surface area contributed by atoms with Crippen LogP contribution in [-0.4, -0.2) is 25.4 Å². The van der Waals surface area contributed by atoms with Gasteiger partial charge in [0.25, 0.3) is 11.3 Å². The molecule has 0 amide bonds. The van der Waals surface area contributed by atoms with Crippen LogP contribution >= 0.6 is 11.3 Å². The Bertz CT molecular complexity index is 679. The zero-order valence-corrected chi connectivity index (χ0v) is 15.6. The second-order valence-corrected chi connectivity index (χ2v) is 8.12. The summed E-state index contributed by atoms with van der Waals surface area (Å²) in [5.74, 6) is 0.669. The lowest BCUT2D eigenvalue weighted by Crippen LogP contribution is -2.42. The Labute approximate surface area is 143 Å². The summed E-state index contributed by atoms with van der Waals surface area (Å²) in [6.07, 6.45) is 1.79. The van der Waals surface area contributed by atoms with Crippen LogP contribution in [0.25, 0.3) is 10.4 Å². The summed E-state index contributed by atoms with van der Waals surface area (Å²) in [5.41, 5.74) is 2.73. The van der Waals surface area contributed by atoms with E-state index in [1.165, 1.54) is 15.6 Å². The van der Waals surface area contributed by atoms with Crippen LogP contribution in [0.2, 0.25) is 0 Å². The normalized spacial score (nSPS) is 13.2. The van der Waals surface area contributed by atoms with Crippen LogP contribution in [0, 0.1) is 0 Å². The lowest BCUT2D eigenvalue weighted by molar-refractivity contribution is 0.242. The summed E-state index contributed by atoms with van der Waals surface area (Å²) in [7, 11) is 0. The summed E-state index contributed by atoms with van der Waals surface area (Å²) in [6, 6.07) is 5.60. The van der Waals surface area contributed by atoms with Crippen LogP contribution in [0.1, 0.15) is 34.6 Å². The molecule has 0 aliphatic rings. The molecule has 126 valence electrons. The van der Waals surface area contributed by atoms with E-state index in [4.69, 9.17) is 4.74 Å². The van der Waals surface area contributed by atoms with E-state index in [1.54, 1.807) is 11.7 Å². The Balaban J connectivity index is 2.62. The largest absolute Gasteiger partial charge is 0.491 e. The monoisotopic (exact) mass is 354 g/mol. The maximum Gasteiger partial charge on any atom is 0.262 e. The lowest BCUT2D eigenvalue weighted by Gasteiger charge is -2.35. The van der Waals surface area contributed by atoms with E-state index < -0.39 is 16.8 Å². The molecule has 23 heavy (non-hydrogen) atoms. The molecule has 2 aromatic rings. The summed E-state index contributed by atoms with van der Waals surface area (Å²) >= 11 is -0.664. The van der Waals surface area contributed by atoms with Gasteiger partial charge in [-0.15, -0.1) is 11.3 Å². The fraction of sp³-hybridized carbons (Fsp3) is 0.438. The first-order valence-electron chi connectivity index (χ1n) is 7.31. The molecule has 0 fully saturated rings. The Hall–Kier alpha value is -1.44. The van der Waals surface area contributed by atoms with E-state index in [2.05, 4.69) is 4.98 Å². The van der Waals surface area contributed by atoms with Crippen molar-refractivity contribution in [2.75, 3.05) is 4.31 Å². The number of hydrogen-bond donors (Lipinski definition) is 1. The van der Waals surface area contributed by atoms with Gasteiger partial charge in [-0.25, -0.2) is 4.21 Å². The molecule has 1 aromatic carbocycles. The minimum atomic E-state index is -2.15. The van der Waals surface area contributed by atoms with Crippen molar-refractivity contribution in [3.63, 3.8) is 0 Å². The van der Waals surface area contributed by atoms with Gasteiger partial charge < -0.3 is 4.74 Å². The predicted molar refractivity (Wildman–Crippen MR) is 96.3 cm³/mol. The van der Waals surface area contributed by atoms with Crippen molar-refractivity contribution in [3.8, 4) is 16.2 Å². The quantitative estimate of drug-likeness (QED) is 0.811. The second-order valence-electron chi connectivity index (χ2n) is 6.41. The van der Waals surface area contributed by atoms with E-state index in [9.17, 15) is 8.76 Å². The third-order valence-corrected chi connectivity index (χ3v) is 4.89. The molecule has 0 bridgehead atoms. The molecule has 0 spiro atoms. The summed E-state index contributed by atoms with van der Waals surface area (Å²) in [4.78, 5) is 5.05. The van der Waals surface area contributed by atoms with E-state index in [1.807, 2.05) is 52.8 Å². The van der Waals surface area contributed by atoms with Crippen molar-refractivity contribution in [1.82, 2.24) is 4.98 Å². The number of hydrogen-bond acceptors (Lipinski definition) is 4. The number of thiazole rings is 1. The fourth-order valence-electron chi connectivity index (χ4n) is 2.26. The van der Waals surface area contributed by atoms with Crippen molar-refractivity contribution in [3.05, 3.63) is 29.9 Å². The van der Waals surface area contributed by atoms with Crippen LogP contribution in [0.5, 0.6) is 5.75 Å². The molecule has 0 aliphatic carbocycles. The Morgan fingerprint density at radius 1 is 1.35 bits per heavy atom.